The highest BCUT2D eigenvalue weighted by Crippen LogP contribution is 2.53. The molecule has 1 aliphatic carbocycles. The van der Waals surface area contributed by atoms with Crippen LogP contribution in [0.15, 0.2) is 54.6 Å². The normalized spacial score (nSPS) is 20.9. The van der Waals surface area contributed by atoms with E-state index in [2.05, 4.69) is 106 Å². The van der Waals surface area contributed by atoms with Gasteiger partial charge in [0, 0.05) is 22.2 Å². The number of fused-ring (bicyclic) bond motifs is 2. The molecule has 0 saturated heterocycles. The summed E-state index contributed by atoms with van der Waals surface area (Å²) in [5, 5.41) is 0. The van der Waals surface area contributed by atoms with Gasteiger partial charge in [0.05, 0.1) is 11.4 Å². The summed E-state index contributed by atoms with van der Waals surface area (Å²) < 4.78 is 0. The third-order valence-electron chi connectivity index (χ3n) is 6.64. The van der Waals surface area contributed by atoms with Gasteiger partial charge in [-0.3, -0.25) is 0 Å². The fraction of sp³-hybridized carbons (Fsp3) is 0.385. The van der Waals surface area contributed by atoms with Gasteiger partial charge in [-0.2, -0.15) is 0 Å². The number of benzene rings is 2. The Hall–Kier alpha value is -2.88. The van der Waals surface area contributed by atoms with E-state index >= 15 is 0 Å². The van der Waals surface area contributed by atoms with Crippen LogP contribution >= 0.6 is 0 Å². The summed E-state index contributed by atoms with van der Waals surface area (Å²) in [6, 6.07) is 19.1. The van der Waals surface area contributed by atoms with E-state index in [1.165, 1.54) is 11.3 Å². The minimum atomic E-state index is 0.0155. The van der Waals surface area contributed by atoms with Crippen LogP contribution in [0.2, 0.25) is 0 Å². The molecule has 0 N–H and O–H groups in total. The van der Waals surface area contributed by atoms with Crippen LogP contribution < -0.4 is 9.80 Å². The first-order valence-corrected chi connectivity index (χ1v) is 10.8. The van der Waals surface area contributed by atoms with Crippen molar-refractivity contribution >= 4 is 23.0 Å². The van der Waals surface area contributed by atoms with Gasteiger partial charge in [-0.25, -0.2) is 9.97 Å². The summed E-state index contributed by atoms with van der Waals surface area (Å²) in [5.74, 6) is 1.92. The minimum absolute atomic E-state index is 0.0155. The number of rotatable bonds is 2. The lowest BCUT2D eigenvalue weighted by Crippen LogP contribution is -2.36. The predicted molar refractivity (Wildman–Crippen MR) is 124 cm³/mol. The highest BCUT2D eigenvalue weighted by molar-refractivity contribution is 5.84. The Morgan fingerprint density at radius 2 is 1.30 bits per heavy atom. The van der Waals surface area contributed by atoms with Crippen molar-refractivity contribution in [3.05, 3.63) is 71.5 Å². The Kier molecular flexibility index (Phi) is 4.02. The predicted octanol–water partition coefficient (Wildman–Crippen LogP) is 6.38. The zero-order valence-electron chi connectivity index (χ0n) is 18.8. The molecule has 5 rings (SSSR count). The Morgan fingerprint density at radius 1 is 0.767 bits per heavy atom. The SMILES string of the molecule is Cc1ccccc1N1c2nc3c(nc2N(c2ccccc2)C1C)C(C)(C)CC3(C)C. The van der Waals surface area contributed by atoms with Gasteiger partial charge in [-0.05, 0) is 44.0 Å². The molecule has 2 aromatic carbocycles. The molecule has 0 fully saturated rings. The zero-order valence-corrected chi connectivity index (χ0v) is 18.8. The Labute approximate surface area is 179 Å². The van der Waals surface area contributed by atoms with Crippen LogP contribution in [0.3, 0.4) is 0 Å². The molecule has 0 amide bonds. The third kappa shape index (κ3) is 2.66. The first-order valence-electron chi connectivity index (χ1n) is 10.8. The largest absolute Gasteiger partial charge is 0.302 e. The van der Waals surface area contributed by atoms with Gasteiger partial charge in [0.25, 0.3) is 0 Å². The van der Waals surface area contributed by atoms with Crippen LogP contribution in [0.4, 0.5) is 23.0 Å². The van der Waals surface area contributed by atoms with E-state index in [-0.39, 0.29) is 17.0 Å². The van der Waals surface area contributed by atoms with Crippen molar-refractivity contribution in [2.24, 2.45) is 0 Å². The summed E-state index contributed by atoms with van der Waals surface area (Å²) >= 11 is 0. The molecule has 2 aliphatic rings. The summed E-state index contributed by atoms with van der Waals surface area (Å²) in [7, 11) is 0. The molecule has 0 spiro atoms. The average Bonchev–Trinajstić information content (AvgIpc) is 3.08. The summed E-state index contributed by atoms with van der Waals surface area (Å²) in [5.41, 5.74) is 5.90. The van der Waals surface area contributed by atoms with Crippen molar-refractivity contribution < 1.29 is 0 Å². The number of aromatic nitrogens is 2. The first kappa shape index (κ1) is 19.1. The topological polar surface area (TPSA) is 32.3 Å². The Morgan fingerprint density at radius 3 is 1.90 bits per heavy atom. The van der Waals surface area contributed by atoms with E-state index in [0.717, 1.165) is 35.1 Å². The number of hydrogen-bond donors (Lipinski definition) is 0. The summed E-state index contributed by atoms with van der Waals surface area (Å²) in [6.45, 7) is 13.6. The number of para-hydroxylation sites is 2. The Bertz CT molecular complexity index is 1120. The molecular weight excluding hydrogens is 368 g/mol. The van der Waals surface area contributed by atoms with Gasteiger partial charge in [0.2, 0.25) is 0 Å². The van der Waals surface area contributed by atoms with Crippen LogP contribution in [-0.4, -0.2) is 16.1 Å². The lowest BCUT2D eigenvalue weighted by Gasteiger charge is -2.30. The second kappa shape index (κ2) is 6.31. The van der Waals surface area contributed by atoms with Crippen LogP contribution in [0.1, 0.15) is 58.0 Å². The summed E-state index contributed by atoms with van der Waals surface area (Å²) in [4.78, 5) is 15.3. The molecule has 1 aliphatic heterocycles. The lowest BCUT2D eigenvalue weighted by atomic mass is 9.83. The van der Waals surface area contributed by atoms with Crippen LogP contribution in [0, 0.1) is 6.92 Å². The molecule has 1 atom stereocenters. The molecule has 0 saturated carbocycles. The molecule has 30 heavy (non-hydrogen) atoms. The van der Waals surface area contributed by atoms with Crippen LogP contribution in [-0.2, 0) is 10.8 Å². The van der Waals surface area contributed by atoms with Crippen molar-refractivity contribution in [3.63, 3.8) is 0 Å². The van der Waals surface area contributed by atoms with Gasteiger partial charge in [0.15, 0.2) is 11.6 Å². The molecule has 1 unspecified atom stereocenters. The van der Waals surface area contributed by atoms with Crippen LogP contribution in [0.5, 0.6) is 0 Å². The number of anilines is 4. The summed E-state index contributed by atoms with van der Waals surface area (Å²) in [6.07, 6.45) is 1.14. The number of nitrogens with zero attached hydrogens (tertiary/aromatic N) is 4. The zero-order chi connectivity index (χ0) is 21.3. The Balaban J connectivity index is 1.78. The molecule has 2 heterocycles. The van der Waals surface area contributed by atoms with Crippen molar-refractivity contribution in [1.82, 2.24) is 9.97 Å². The van der Waals surface area contributed by atoms with Gasteiger partial charge in [-0.15, -0.1) is 0 Å². The third-order valence-corrected chi connectivity index (χ3v) is 6.64. The molecule has 0 radical (unpaired) electrons. The van der Waals surface area contributed by atoms with Crippen LogP contribution in [0.25, 0.3) is 0 Å². The lowest BCUT2D eigenvalue weighted by molar-refractivity contribution is 0.396. The standard InChI is InChI=1S/C26H30N4/c1-17-12-10-11-15-20(17)30-18(2)29(19-13-8-7-9-14-19)23-24(30)28-22-21(27-23)25(3,4)16-26(22,5)6/h7-15,18H,16H2,1-6H3. The molecule has 154 valence electrons. The van der Waals surface area contributed by atoms with E-state index in [0.29, 0.717) is 0 Å². The maximum Gasteiger partial charge on any atom is 0.178 e. The maximum absolute atomic E-state index is 5.33. The molecule has 4 nitrogen and oxygen atoms in total. The minimum Gasteiger partial charge on any atom is -0.302 e. The van der Waals surface area contributed by atoms with Crippen molar-refractivity contribution in [2.75, 3.05) is 9.80 Å². The van der Waals surface area contributed by atoms with Crippen molar-refractivity contribution in [1.29, 1.82) is 0 Å². The average molecular weight is 399 g/mol. The highest BCUT2D eigenvalue weighted by atomic mass is 15.5. The van der Waals surface area contributed by atoms with E-state index in [4.69, 9.17) is 9.97 Å². The van der Waals surface area contributed by atoms with E-state index in [1.807, 2.05) is 0 Å². The molecule has 1 aromatic heterocycles. The second-order valence-corrected chi connectivity index (χ2v) is 10.0. The van der Waals surface area contributed by atoms with Crippen molar-refractivity contribution in [3.8, 4) is 0 Å². The van der Waals surface area contributed by atoms with Gasteiger partial charge in [-0.1, -0.05) is 64.1 Å². The molecule has 3 aromatic rings. The second-order valence-electron chi connectivity index (χ2n) is 10.0. The van der Waals surface area contributed by atoms with Gasteiger partial charge < -0.3 is 9.80 Å². The maximum atomic E-state index is 5.33. The van der Waals surface area contributed by atoms with Crippen molar-refractivity contribution in [2.45, 2.75) is 65.0 Å². The van der Waals surface area contributed by atoms with Gasteiger partial charge >= 0.3 is 0 Å². The monoisotopic (exact) mass is 398 g/mol. The fourth-order valence-corrected chi connectivity index (χ4v) is 5.50. The smallest absolute Gasteiger partial charge is 0.178 e. The molecule has 0 bridgehead atoms. The highest BCUT2D eigenvalue weighted by Gasteiger charge is 2.48. The van der Waals surface area contributed by atoms with E-state index in [1.54, 1.807) is 0 Å². The number of hydrogen-bond acceptors (Lipinski definition) is 4. The van der Waals surface area contributed by atoms with E-state index < -0.39 is 0 Å². The number of aryl methyl sites for hydroxylation is 1. The van der Waals surface area contributed by atoms with E-state index in [9.17, 15) is 0 Å². The fourth-order valence-electron chi connectivity index (χ4n) is 5.50. The first-order chi connectivity index (χ1) is 14.2. The quantitative estimate of drug-likeness (QED) is 0.501. The van der Waals surface area contributed by atoms with Gasteiger partial charge in [0.1, 0.15) is 6.17 Å². The molecule has 4 heteroatoms. The molecular formula is C26H30N4.